The van der Waals surface area contributed by atoms with Gasteiger partial charge in [0, 0.05) is 18.8 Å². The lowest BCUT2D eigenvalue weighted by molar-refractivity contribution is 0.122. The molecular formula is C17H19N3O3S. The minimum Gasteiger partial charge on any atom is -0.378 e. The summed E-state index contributed by atoms with van der Waals surface area (Å²) in [7, 11) is -3.63. The lowest BCUT2D eigenvalue weighted by Gasteiger charge is -2.28. The van der Waals surface area contributed by atoms with Crippen molar-refractivity contribution in [3.63, 3.8) is 0 Å². The number of hydrazone groups is 1. The number of hydrogen-bond acceptors (Lipinski definition) is 5. The Hall–Kier alpha value is -2.38. The molecule has 0 aliphatic carbocycles. The summed E-state index contributed by atoms with van der Waals surface area (Å²) in [5, 5.41) is 3.84. The molecule has 1 aliphatic rings. The normalized spacial score (nSPS) is 15.6. The van der Waals surface area contributed by atoms with Crippen LogP contribution in [0.3, 0.4) is 0 Å². The van der Waals surface area contributed by atoms with Crippen LogP contribution in [0.25, 0.3) is 0 Å². The van der Waals surface area contributed by atoms with Gasteiger partial charge in [0.1, 0.15) is 0 Å². The van der Waals surface area contributed by atoms with Crippen LogP contribution in [0.2, 0.25) is 0 Å². The van der Waals surface area contributed by atoms with Crippen molar-refractivity contribution in [2.75, 3.05) is 31.2 Å². The molecule has 1 fully saturated rings. The van der Waals surface area contributed by atoms with Crippen LogP contribution in [0, 0.1) is 0 Å². The average Bonchev–Trinajstić information content (AvgIpc) is 2.64. The molecule has 3 rings (SSSR count). The first-order valence-electron chi connectivity index (χ1n) is 7.68. The highest BCUT2D eigenvalue weighted by molar-refractivity contribution is 7.89. The fourth-order valence-corrected chi connectivity index (χ4v) is 3.23. The summed E-state index contributed by atoms with van der Waals surface area (Å²) in [4.78, 5) is 4.65. The molecule has 6 nitrogen and oxygen atoms in total. The van der Waals surface area contributed by atoms with Gasteiger partial charge in [0.05, 0.1) is 24.3 Å². The van der Waals surface area contributed by atoms with Crippen LogP contribution in [0.5, 0.6) is 0 Å². The van der Waals surface area contributed by atoms with Crippen molar-refractivity contribution in [3.05, 3.63) is 60.2 Å². The van der Waals surface area contributed by atoms with E-state index in [1.807, 2.05) is 24.3 Å². The first-order valence-corrected chi connectivity index (χ1v) is 9.16. The van der Waals surface area contributed by atoms with E-state index in [0.29, 0.717) is 0 Å². The first-order chi connectivity index (χ1) is 11.6. The van der Waals surface area contributed by atoms with Crippen LogP contribution in [0.1, 0.15) is 5.56 Å². The van der Waals surface area contributed by atoms with Crippen LogP contribution in [0.15, 0.2) is 64.6 Å². The number of nitrogens with one attached hydrogen (secondary N) is 1. The Morgan fingerprint density at radius 3 is 2.33 bits per heavy atom. The zero-order valence-electron chi connectivity index (χ0n) is 13.1. The smallest absolute Gasteiger partial charge is 0.276 e. The highest BCUT2D eigenvalue weighted by Crippen LogP contribution is 2.16. The zero-order valence-corrected chi connectivity index (χ0v) is 13.9. The van der Waals surface area contributed by atoms with Crippen molar-refractivity contribution in [3.8, 4) is 0 Å². The van der Waals surface area contributed by atoms with E-state index in [4.69, 9.17) is 4.74 Å². The summed E-state index contributed by atoms with van der Waals surface area (Å²) < 4.78 is 29.4. The van der Waals surface area contributed by atoms with Crippen molar-refractivity contribution >= 4 is 21.9 Å². The van der Waals surface area contributed by atoms with Crippen molar-refractivity contribution < 1.29 is 13.2 Å². The van der Waals surface area contributed by atoms with Gasteiger partial charge in [0.2, 0.25) is 0 Å². The number of rotatable bonds is 5. The number of anilines is 1. The number of hydrogen-bond donors (Lipinski definition) is 1. The van der Waals surface area contributed by atoms with E-state index in [2.05, 4.69) is 14.8 Å². The predicted octanol–water partition coefficient (Wildman–Crippen LogP) is 1.84. The molecule has 0 amide bonds. The molecule has 2 aromatic rings. The topological polar surface area (TPSA) is 71.0 Å². The van der Waals surface area contributed by atoms with Crippen LogP contribution < -0.4 is 9.73 Å². The lowest BCUT2D eigenvalue weighted by Crippen LogP contribution is -2.36. The molecule has 1 heterocycles. The van der Waals surface area contributed by atoms with Crippen molar-refractivity contribution in [2.24, 2.45) is 5.10 Å². The second kappa shape index (κ2) is 7.46. The largest absolute Gasteiger partial charge is 0.378 e. The standard InChI is InChI=1S/C17H19N3O3S/c21-24(22,17-4-2-1-3-5-17)19-18-14-15-6-8-16(9-7-15)20-10-12-23-13-11-20/h1-9,14,19H,10-13H2/b18-14+. The summed E-state index contributed by atoms with van der Waals surface area (Å²) in [5.74, 6) is 0. The molecule has 0 spiro atoms. The Labute approximate surface area is 141 Å². The quantitative estimate of drug-likeness (QED) is 0.663. The number of nitrogens with zero attached hydrogens (tertiary/aromatic N) is 2. The maximum absolute atomic E-state index is 12.0. The van der Waals surface area contributed by atoms with Gasteiger partial charge in [-0.2, -0.15) is 13.5 Å². The van der Waals surface area contributed by atoms with Gasteiger partial charge in [-0.3, -0.25) is 0 Å². The average molecular weight is 345 g/mol. The van der Waals surface area contributed by atoms with Gasteiger partial charge in [0.15, 0.2) is 0 Å². The Morgan fingerprint density at radius 2 is 1.67 bits per heavy atom. The summed E-state index contributed by atoms with van der Waals surface area (Å²) in [6.45, 7) is 3.24. The van der Waals surface area contributed by atoms with Gasteiger partial charge < -0.3 is 9.64 Å². The second-order valence-electron chi connectivity index (χ2n) is 5.36. The molecular weight excluding hydrogens is 326 g/mol. The number of sulfonamides is 1. The molecule has 1 N–H and O–H groups in total. The van der Waals surface area contributed by atoms with Crippen LogP contribution in [0.4, 0.5) is 5.69 Å². The Balaban J connectivity index is 1.62. The van der Waals surface area contributed by atoms with Gasteiger partial charge in [-0.1, -0.05) is 30.3 Å². The van der Waals surface area contributed by atoms with Crippen LogP contribution in [-0.4, -0.2) is 40.9 Å². The first kappa shape index (κ1) is 16.5. The molecule has 24 heavy (non-hydrogen) atoms. The van der Waals surface area contributed by atoms with E-state index in [9.17, 15) is 8.42 Å². The zero-order chi connectivity index (χ0) is 16.8. The minimum atomic E-state index is -3.63. The molecule has 0 radical (unpaired) electrons. The molecule has 0 aromatic heterocycles. The molecule has 1 saturated heterocycles. The number of benzene rings is 2. The van der Waals surface area contributed by atoms with E-state index >= 15 is 0 Å². The molecule has 0 bridgehead atoms. The maximum Gasteiger partial charge on any atom is 0.276 e. The summed E-state index contributed by atoms with van der Waals surface area (Å²) in [6, 6.07) is 16.0. The van der Waals surface area contributed by atoms with E-state index in [1.54, 1.807) is 18.2 Å². The molecule has 0 saturated carbocycles. The Kier molecular flexibility index (Phi) is 5.12. The maximum atomic E-state index is 12.0. The van der Waals surface area contributed by atoms with E-state index < -0.39 is 10.0 Å². The third kappa shape index (κ3) is 4.12. The third-order valence-corrected chi connectivity index (χ3v) is 4.95. The summed E-state index contributed by atoms with van der Waals surface area (Å²) >= 11 is 0. The molecule has 2 aromatic carbocycles. The van der Waals surface area contributed by atoms with Crippen LogP contribution >= 0.6 is 0 Å². The molecule has 126 valence electrons. The summed E-state index contributed by atoms with van der Waals surface area (Å²) in [5.41, 5.74) is 1.95. The molecule has 1 aliphatic heterocycles. The van der Waals surface area contributed by atoms with Gasteiger partial charge in [-0.05, 0) is 29.8 Å². The third-order valence-electron chi connectivity index (χ3n) is 3.71. The van der Waals surface area contributed by atoms with E-state index in [0.717, 1.165) is 37.6 Å². The SMILES string of the molecule is O=S(=O)(N/N=C/c1ccc(N2CCOCC2)cc1)c1ccccc1. The van der Waals surface area contributed by atoms with E-state index in [-0.39, 0.29) is 4.90 Å². The predicted molar refractivity (Wildman–Crippen MR) is 93.8 cm³/mol. The molecule has 7 heteroatoms. The highest BCUT2D eigenvalue weighted by atomic mass is 32.2. The fraction of sp³-hybridized carbons (Fsp3) is 0.235. The molecule has 0 atom stereocenters. The van der Waals surface area contributed by atoms with E-state index in [1.165, 1.54) is 18.3 Å². The van der Waals surface area contributed by atoms with Gasteiger partial charge in [-0.25, -0.2) is 4.83 Å². The monoisotopic (exact) mass is 345 g/mol. The van der Waals surface area contributed by atoms with Crippen molar-refractivity contribution in [1.82, 2.24) is 4.83 Å². The Morgan fingerprint density at radius 1 is 1.00 bits per heavy atom. The van der Waals surface area contributed by atoms with Gasteiger partial charge in [0.25, 0.3) is 10.0 Å². The lowest BCUT2D eigenvalue weighted by atomic mass is 10.2. The van der Waals surface area contributed by atoms with Crippen molar-refractivity contribution in [2.45, 2.75) is 4.90 Å². The fourth-order valence-electron chi connectivity index (χ4n) is 2.42. The second-order valence-corrected chi connectivity index (χ2v) is 7.02. The minimum absolute atomic E-state index is 0.185. The number of ether oxygens (including phenoxy) is 1. The Bertz CT molecular complexity index is 784. The van der Waals surface area contributed by atoms with Gasteiger partial charge in [-0.15, -0.1) is 0 Å². The highest BCUT2D eigenvalue weighted by Gasteiger charge is 2.12. The van der Waals surface area contributed by atoms with Crippen LogP contribution in [-0.2, 0) is 14.8 Å². The number of morpholine rings is 1. The van der Waals surface area contributed by atoms with Gasteiger partial charge >= 0.3 is 0 Å². The molecule has 0 unspecified atom stereocenters. The summed E-state index contributed by atoms with van der Waals surface area (Å²) in [6.07, 6.45) is 1.49. The van der Waals surface area contributed by atoms with Crippen molar-refractivity contribution in [1.29, 1.82) is 0 Å².